The van der Waals surface area contributed by atoms with Crippen LogP contribution in [0.15, 0.2) is 18.2 Å². The molecule has 110 valence electrons. The molecule has 20 heavy (non-hydrogen) atoms. The van der Waals surface area contributed by atoms with Gasteiger partial charge in [0.1, 0.15) is 5.75 Å². The summed E-state index contributed by atoms with van der Waals surface area (Å²) in [5.74, 6) is 0.588. The molecule has 0 bridgehead atoms. The number of methoxy groups -OCH3 is 1. The average Bonchev–Trinajstić information content (AvgIpc) is 2.46. The summed E-state index contributed by atoms with van der Waals surface area (Å²) in [5, 5.41) is 0. The summed E-state index contributed by atoms with van der Waals surface area (Å²) in [6, 6.07) is 5.74. The number of carbonyl (C=O) groups excluding carboxylic acids is 1. The molecule has 5 heteroatoms. The van der Waals surface area contributed by atoms with Crippen molar-refractivity contribution in [3.63, 3.8) is 0 Å². The van der Waals surface area contributed by atoms with Crippen molar-refractivity contribution < 1.29 is 9.53 Å². The maximum atomic E-state index is 12.6. The van der Waals surface area contributed by atoms with E-state index in [0.29, 0.717) is 23.0 Å². The van der Waals surface area contributed by atoms with Gasteiger partial charge in [-0.3, -0.25) is 4.79 Å². The minimum absolute atomic E-state index is 0.00589. The number of ether oxygens (including phenoxy) is 1. The van der Waals surface area contributed by atoms with Gasteiger partial charge in [-0.05, 0) is 45.1 Å². The number of nitrogens with zero attached hydrogens (tertiary/aromatic N) is 2. The van der Waals surface area contributed by atoms with Crippen LogP contribution in [0.4, 0.5) is 5.69 Å². The largest absolute Gasteiger partial charge is 0.496 e. The van der Waals surface area contributed by atoms with Crippen LogP contribution in [0.1, 0.15) is 23.2 Å². The zero-order valence-corrected chi connectivity index (χ0v) is 12.4. The molecule has 1 saturated heterocycles. The van der Waals surface area contributed by atoms with E-state index in [-0.39, 0.29) is 5.91 Å². The van der Waals surface area contributed by atoms with E-state index >= 15 is 0 Å². The number of rotatable bonds is 3. The molecule has 1 amide bonds. The molecule has 0 atom stereocenters. The number of piperidine rings is 1. The zero-order chi connectivity index (χ0) is 14.7. The first-order valence-corrected chi connectivity index (χ1v) is 6.92. The van der Waals surface area contributed by atoms with Crippen LogP contribution in [0.5, 0.6) is 5.75 Å². The fraction of sp³-hybridized carbons (Fsp3) is 0.533. The van der Waals surface area contributed by atoms with Crippen molar-refractivity contribution in [2.45, 2.75) is 18.9 Å². The summed E-state index contributed by atoms with van der Waals surface area (Å²) in [6.45, 7) is 1.55. The third kappa shape index (κ3) is 3.04. The normalized spacial score (nSPS) is 16.5. The molecule has 1 heterocycles. The van der Waals surface area contributed by atoms with E-state index < -0.39 is 0 Å². The maximum absolute atomic E-state index is 12.6. The van der Waals surface area contributed by atoms with Crippen LogP contribution < -0.4 is 10.5 Å². The van der Waals surface area contributed by atoms with Crippen LogP contribution in [-0.2, 0) is 0 Å². The van der Waals surface area contributed by atoms with Crippen LogP contribution in [-0.4, -0.2) is 56.0 Å². The highest BCUT2D eigenvalue weighted by Crippen LogP contribution is 2.24. The number of anilines is 1. The number of nitrogens with two attached hydrogens (primary N) is 1. The van der Waals surface area contributed by atoms with Gasteiger partial charge >= 0.3 is 0 Å². The minimum atomic E-state index is 0.00589. The fourth-order valence-electron chi connectivity index (χ4n) is 2.65. The lowest BCUT2D eigenvalue weighted by molar-refractivity contribution is 0.0660. The lowest BCUT2D eigenvalue weighted by Crippen LogP contribution is -2.44. The third-order valence-corrected chi connectivity index (χ3v) is 3.94. The molecule has 0 radical (unpaired) electrons. The Morgan fingerprint density at radius 3 is 2.55 bits per heavy atom. The molecule has 0 aromatic heterocycles. The van der Waals surface area contributed by atoms with Gasteiger partial charge in [0.25, 0.3) is 5.91 Å². The molecular weight excluding hydrogens is 254 g/mol. The van der Waals surface area contributed by atoms with Crippen LogP contribution >= 0.6 is 0 Å². The molecule has 1 aliphatic rings. The molecule has 1 aromatic carbocycles. The minimum Gasteiger partial charge on any atom is -0.496 e. The molecule has 1 fully saturated rings. The van der Waals surface area contributed by atoms with Crippen LogP contribution in [0.2, 0.25) is 0 Å². The van der Waals surface area contributed by atoms with Gasteiger partial charge in [0.2, 0.25) is 0 Å². The first-order chi connectivity index (χ1) is 9.52. The highest BCUT2D eigenvalue weighted by atomic mass is 16.5. The van der Waals surface area contributed by atoms with E-state index in [1.165, 1.54) is 0 Å². The Bertz CT molecular complexity index is 480. The molecule has 2 N–H and O–H groups in total. The van der Waals surface area contributed by atoms with Gasteiger partial charge in [-0.15, -0.1) is 0 Å². The SMILES string of the molecule is COc1ccc(N)cc1C(=O)N1CCC(N(C)C)CC1. The van der Waals surface area contributed by atoms with Gasteiger partial charge in [0.05, 0.1) is 12.7 Å². The Hall–Kier alpha value is -1.75. The van der Waals surface area contributed by atoms with Gasteiger partial charge in [0.15, 0.2) is 0 Å². The Kier molecular flexibility index (Phi) is 4.49. The quantitative estimate of drug-likeness (QED) is 0.849. The molecule has 1 aromatic rings. The standard InChI is InChI=1S/C15H23N3O2/c1-17(2)12-6-8-18(9-7-12)15(19)13-10-11(16)4-5-14(13)20-3/h4-5,10,12H,6-9,16H2,1-3H3. The van der Waals surface area contributed by atoms with Crippen LogP contribution in [0.25, 0.3) is 0 Å². The fourth-order valence-corrected chi connectivity index (χ4v) is 2.65. The van der Waals surface area contributed by atoms with Crippen molar-refractivity contribution in [1.82, 2.24) is 9.80 Å². The summed E-state index contributed by atoms with van der Waals surface area (Å²) < 4.78 is 5.26. The van der Waals surface area contributed by atoms with Crippen molar-refractivity contribution in [3.05, 3.63) is 23.8 Å². The molecule has 0 aliphatic carbocycles. The smallest absolute Gasteiger partial charge is 0.257 e. The van der Waals surface area contributed by atoms with E-state index in [0.717, 1.165) is 25.9 Å². The molecule has 2 rings (SSSR count). The van der Waals surface area contributed by atoms with Crippen molar-refractivity contribution in [3.8, 4) is 5.75 Å². The third-order valence-electron chi connectivity index (χ3n) is 3.94. The molecule has 0 spiro atoms. The number of amides is 1. The van der Waals surface area contributed by atoms with Crippen molar-refractivity contribution in [2.75, 3.05) is 40.0 Å². The van der Waals surface area contributed by atoms with Gasteiger partial charge in [-0.1, -0.05) is 0 Å². The predicted octanol–water partition coefficient (Wildman–Crippen LogP) is 1.44. The highest BCUT2D eigenvalue weighted by Gasteiger charge is 2.26. The Labute approximate surface area is 120 Å². The van der Waals surface area contributed by atoms with E-state index in [9.17, 15) is 4.79 Å². The van der Waals surface area contributed by atoms with Crippen molar-refractivity contribution in [2.24, 2.45) is 0 Å². The predicted molar refractivity (Wildman–Crippen MR) is 80.0 cm³/mol. The first-order valence-electron chi connectivity index (χ1n) is 6.92. The van der Waals surface area contributed by atoms with Crippen molar-refractivity contribution in [1.29, 1.82) is 0 Å². The number of likely N-dealkylation sites (tertiary alicyclic amines) is 1. The number of hydrogen-bond donors (Lipinski definition) is 1. The molecule has 0 unspecified atom stereocenters. The number of nitrogen functional groups attached to an aromatic ring is 1. The lowest BCUT2D eigenvalue weighted by atomic mass is 10.0. The number of hydrogen-bond acceptors (Lipinski definition) is 4. The maximum Gasteiger partial charge on any atom is 0.257 e. The summed E-state index contributed by atoms with van der Waals surface area (Å²) >= 11 is 0. The highest BCUT2D eigenvalue weighted by molar-refractivity contribution is 5.97. The van der Waals surface area contributed by atoms with E-state index in [1.54, 1.807) is 25.3 Å². The van der Waals surface area contributed by atoms with E-state index in [4.69, 9.17) is 10.5 Å². The monoisotopic (exact) mass is 277 g/mol. The van der Waals surface area contributed by atoms with Gasteiger partial charge in [-0.2, -0.15) is 0 Å². The number of carbonyl (C=O) groups is 1. The lowest BCUT2D eigenvalue weighted by Gasteiger charge is -2.35. The van der Waals surface area contributed by atoms with Gasteiger partial charge in [0, 0.05) is 24.8 Å². The summed E-state index contributed by atoms with van der Waals surface area (Å²) in [6.07, 6.45) is 2.01. The second-order valence-electron chi connectivity index (χ2n) is 5.45. The Morgan fingerprint density at radius 2 is 2.00 bits per heavy atom. The van der Waals surface area contributed by atoms with Crippen molar-refractivity contribution >= 4 is 11.6 Å². The first kappa shape index (κ1) is 14.7. The van der Waals surface area contributed by atoms with E-state index in [2.05, 4.69) is 19.0 Å². The summed E-state index contributed by atoms with van der Waals surface area (Å²) in [4.78, 5) is 16.7. The number of benzene rings is 1. The summed E-state index contributed by atoms with van der Waals surface area (Å²) in [5.41, 5.74) is 6.91. The van der Waals surface area contributed by atoms with E-state index in [1.807, 2.05) is 4.90 Å². The second-order valence-corrected chi connectivity index (χ2v) is 5.45. The Balaban J connectivity index is 2.11. The topological polar surface area (TPSA) is 58.8 Å². The van der Waals surface area contributed by atoms with Gasteiger partial charge < -0.3 is 20.3 Å². The molecule has 0 saturated carbocycles. The van der Waals surface area contributed by atoms with Gasteiger partial charge in [-0.25, -0.2) is 0 Å². The van der Waals surface area contributed by atoms with Crippen LogP contribution in [0, 0.1) is 0 Å². The molecular formula is C15H23N3O2. The summed E-state index contributed by atoms with van der Waals surface area (Å²) in [7, 11) is 5.74. The molecule has 5 nitrogen and oxygen atoms in total. The molecule has 1 aliphatic heterocycles. The van der Waals surface area contributed by atoms with Crippen LogP contribution in [0.3, 0.4) is 0 Å². The average molecular weight is 277 g/mol. The zero-order valence-electron chi connectivity index (χ0n) is 12.4. The second kappa shape index (κ2) is 6.13. The Morgan fingerprint density at radius 1 is 1.35 bits per heavy atom.